The predicted molar refractivity (Wildman–Crippen MR) is 122 cm³/mol. The number of nitrogens with zero attached hydrogens (tertiary/aromatic N) is 3. The van der Waals surface area contributed by atoms with Crippen molar-refractivity contribution >= 4 is 50.9 Å². The number of para-hydroxylation sites is 2. The van der Waals surface area contributed by atoms with E-state index in [0.717, 1.165) is 17.0 Å². The molecule has 0 saturated carbocycles. The summed E-state index contributed by atoms with van der Waals surface area (Å²) in [4.78, 5) is 33.8. The van der Waals surface area contributed by atoms with Gasteiger partial charge in [0.05, 0.1) is 28.5 Å². The molecule has 4 rings (SSSR count). The summed E-state index contributed by atoms with van der Waals surface area (Å²) < 4.78 is 41.3. The van der Waals surface area contributed by atoms with Gasteiger partial charge in [0.15, 0.2) is 0 Å². The zero-order valence-electron chi connectivity index (χ0n) is 17.6. The molecule has 0 fully saturated rings. The Bertz CT molecular complexity index is 1370. The van der Waals surface area contributed by atoms with Crippen LogP contribution >= 0.6 is 11.5 Å². The average Bonchev–Trinajstić information content (AvgIpc) is 3.17. The molecule has 0 aliphatic carbocycles. The number of fused-ring (bicyclic) bond motifs is 1. The molecule has 34 heavy (non-hydrogen) atoms. The smallest absolute Gasteiger partial charge is 0.343 e. The Balaban J connectivity index is 1.51. The van der Waals surface area contributed by atoms with E-state index in [-0.39, 0.29) is 16.8 Å². The fourth-order valence-electron chi connectivity index (χ4n) is 3.07. The van der Waals surface area contributed by atoms with Gasteiger partial charge in [0.2, 0.25) is 0 Å². The summed E-state index contributed by atoms with van der Waals surface area (Å²) in [6.07, 6.45) is -2.98. The van der Waals surface area contributed by atoms with Gasteiger partial charge in [0.25, 0.3) is 11.8 Å². The number of rotatable bonds is 6. The van der Waals surface area contributed by atoms with E-state index in [1.54, 1.807) is 18.4 Å². The molecule has 8 nitrogen and oxygen atoms in total. The Labute approximate surface area is 195 Å². The highest BCUT2D eigenvalue weighted by Crippen LogP contribution is 2.28. The van der Waals surface area contributed by atoms with Gasteiger partial charge in [0.1, 0.15) is 17.4 Å². The van der Waals surface area contributed by atoms with Crippen LogP contribution < -0.4 is 16.0 Å². The molecule has 0 aliphatic rings. The number of halogens is 3. The third kappa shape index (κ3) is 5.46. The van der Waals surface area contributed by atoms with Crippen molar-refractivity contribution in [3.8, 4) is 0 Å². The van der Waals surface area contributed by atoms with Crippen LogP contribution in [-0.4, -0.2) is 38.9 Å². The maximum Gasteiger partial charge on any atom is 0.405 e. The van der Waals surface area contributed by atoms with Gasteiger partial charge in [-0.25, -0.2) is 4.98 Å². The molecular weight excluding hydrogens is 469 g/mol. The Morgan fingerprint density at radius 2 is 1.79 bits per heavy atom. The van der Waals surface area contributed by atoms with Crippen LogP contribution in [-0.2, 0) is 0 Å². The number of carbonyl (C=O) groups is 2. The number of alkyl halides is 3. The van der Waals surface area contributed by atoms with Crippen LogP contribution in [0.5, 0.6) is 0 Å². The molecule has 0 bridgehead atoms. The van der Waals surface area contributed by atoms with Crippen LogP contribution in [0.15, 0.2) is 54.7 Å². The second-order valence-electron chi connectivity index (χ2n) is 7.17. The molecule has 0 unspecified atom stereocenters. The van der Waals surface area contributed by atoms with Gasteiger partial charge in [-0.05, 0) is 48.8 Å². The fourth-order valence-corrected chi connectivity index (χ4v) is 3.87. The van der Waals surface area contributed by atoms with E-state index >= 15 is 0 Å². The third-order valence-electron chi connectivity index (χ3n) is 4.61. The first-order chi connectivity index (χ1) is 16.2. The molecule has 0 saturated heterocycles. The van der Waals surface area contributed by atoms with Gasteiger partial charge in [-0.1, -0.05) is 18.2 Å². The number of aryl methyl sites for hydroxylation is 1. The first kappa shape index (κ1) is 23.1. The van der Waals surface area contributed by atoms with Crippen molar-refractivity contribution in [2.24, 2.45) is 0 Å². The Kier molecular flexibility index (Phi) is 6.41. The van der Waals surface area contributed by atoms with E-state index in [2.05, 4.69) is 25.0 Å². The minimum Gasteiger partial charge on any atom is -0.343 e. The highest BCUT2D eigenvalue weighted by Gasteiger charge is 2.28. The number of nitrogens with one attached hydrogen (secondary N) is 3. The highest BCUT2D eigenvalue weighted by molar-refractivity contribution is 7.10. The summed E-state index contributed by atoms with van der Waals surface area (Å²) in [5, 5.41) is 7.96. The van der Waals surface area contributed by atoms with Gasteiger partial charge >= 0.3 is 6.18 Å². The maximum atomic E-state index is 13.0. The maximum absolute atomic E-state index is 13.0. The van der Waals surface area contributed by atoms with Crippen molar-refractivity contribution in [2.75, 3.05) is 17.2 Å². The van der Waals surface area contributed by atoms with Crippen LogP contribution in [0, 0.1) is 6.92 Å². The number of benzene rings is 2. The quantitative estimate of drug-likeness (QED) is 0.365. The van der Waals surface area contributed by atoms with Crippen LogP contribution in [0.25, 0.3) is 11.0 Å². The summed E-state index contributed by atoms with van der Waals surface area (Å²) in [6.45, 7) is 0.221. The summed E-state index contributed by atoms with van der Waals surface area (Å²) in [5.41, 5.74) is 2.37. The van der Waals surface area contributed by atoms with E-state index in [9.17, 15) is 22.8 Å². The second-order valence-corrected chi connectivity index (χ2v) is 7.95. The van der Waals surface area contributed by atoms with Crippen molar-refractivity contribution < 1.29 is 22.8 Å². The molecule has 2 aromatic heterocycles. The standard InChI is InChI=1S/C22H17F3N6O2S/c1-12-18(21(34-31-12)30-17-10-26-15-7-2-3-8-16(15)29-17)20(33)28-14-6-4-5-13(9-14)19(32)27-11-22(23,24)25/h2-10H,11H2,1H3,(H,27,32)(H,28,33)(H,29,30). The Hall–Kier alpha value is -4.06. The minimum absolute atomic E-state index is 0.0213. The van der Waals surface area contributed by atoms with Crippen molar-refractivity contribution in [3.05, 3.63) is 71.5 Å². The topological polar surface area (TPSA) is 109 Å². The largest absolute Gasteiger partial charge is 0.405 e. The number of anilines is 3. The van der Waals surface area contributed by atoms with Gasteiger partial charge in [-0.2, -0.15) is 17.5 Å². The molecule has 3 N–H and O–H groups in total. The Morgan fingerprint density at radius 1 is 1.03 bits per heavy atom. The van der Waals surface area contributed by atoms with Crippen LogP contribution in [0.4, 0.5) is 29.7 Å². The summed E-state index contributed by atoms with van der Waals surface area (Å²) in [6, 6.07) is 13.0. The molecule has 2 amide bonds. The molecule has 2 aromatic carbocycles. The molecule has 12 heteroatoms. The average molecular weight is 486 g/mol. The summed E-state index contributed by atoms with van der Waals surface area (Å²) in [5.74, 6) is -0.978. The van der Waals surface area contributed by atoms with Gasteiger partial charge in [-0.15, -0.1) is 0 Å². The number of hydrogen-bond donors (Lipinski definition) is 3. The predicted octanol–water partition coefficient (Wildman–Crippen LogP) is 4.68. The lowest BCUT2D eigenvalue weighted by molar-refractivity contribution is -0.123. The highest BCUT2D eigenvalue weighted by atomic mass is 32.1. The molecule has 0 aliphatic heterocycles. The zero-order valence-corrected chi connectivity index (χ0v) is 18.4. The van der Waals surface area contributed by atoms with E-state index in [1.165, 1.54) is 24.3 Å². The third-order valence-corrected chi connectivity index (χ3v) is 5.47. The van der Waals surface area contributed by atoms with Crippen LogP contribution in [0.3, 0.4) is 0 Å². The summed E-state index contributed by atoms with van der Waals surface area (Å²) >= 11 is 1.07. The van der Waals surface area contributed by atoms with E-state index in [4.69, 9.17) is 0 Å². The molecule has 174 valence electrons. The van der Waals surface area contributed by atoms with Gasteiger partial charge in [-0.3, -0.25) is 14.6 Å². The van der Waals surface area contributed by atoms with Crippen molar-refractivity contribution in [3.63, 3.8) is 0 Å². The molecule has 0 atom stereocenters. The number of amides is 2. The Morgan fingerprint density at radius 3 is 2.56 bits per heavy atom. The van der Waals surface area contributed by atoms with Gasteiger partial charge < -0.3 is 16.0 Å². The first-order valence-corrected chi connectivity index (χ1v) is 10.7. The van der Waals surface area contributed by atoms with E-state index < -0.39 is 24.5 Å². The number of aromatic nitrogens is 3. The molecule has 2 heterocycles. The molecule has 4 aromatic rings. The van der Waals surface area contributed by atoms with Crippen molar-refractivity contribution in [1.82, 2.24) is 19.7 Å². The SMILES string of the molecule is Cc1nsc(Nc2cnc3ccccc3n2)c1C(=O)Nc1cccc(C(=O)NCC(F)(F)F)c1. The van der Waals surface area contributed by atoms with Gasteiger partial charge in [0, 0.05) is 11.3 Å². The van der Waals surface area contributed by atoms with E-state index in [0.29, 0.717) is 22.0 Å². The minimum atomic E-state index is -4.52. The molecular formula is C22H17F3N6O2S. The van der Waals surface area contributed by atoms with Crippen LogP contribution in [0.2, 0.25) is 0 Å². The molecule has 0 radical (unpaired) electrons. The van der Waals surface area contributed by atoms with Crippen LogP contribution in [0.1, 0.15) is 26.4 Å². The molecule has 0 spiro atoms. The van der Waals surface area contributed by atoms with Crippen molar-refractivity contribution in [2.45, 2.75) is 13.1 Å². The van der Waals surface area contributed by atoms with Crippen molar-refractivity contribution in [1.29, 1.82) is 0 Å². The second kappa shape index (κ2) is 9.43. The normalized spacial score (nSPS) is 11.3. The first-order valence-electron chi connectivity index (χ1n) is 9.91. The lowest BCUT2D eigenvalue weighted by Gasteiger charge is -2.11. The summed E-state index contributed by atoms with van der Waals surface area (Å²) in [7, 11) is 0. The lowest BCUT2D eigenvalue weighted by Crippen LogP contribution is -2.33. The van der Waals surface area contributed by atoms with E-state index in [1.807, 2.05) is 24.3 Å². The monoisotopic (exact) mass is 486 g/mol. The number of hydrogen-bond acceptors (Lipinski definition) is 7. The lowest BCUT2D eigenvalue weighted by atomic mass is 10.1. The zero-order chi connectivity index (χ0) is 24.3. The fraction of sp³-hybridized carbons (Fsp3) is 0.136. The number of carbonyl (C=O) groups excluding carboxylic acids is 2.